The van der Waals surface area contributed by atoms with Gasteiger partial charge in [-0.25, -0.2) is 0 Å². The zero-order valence-electron chi connectivity index (χ0n) is 16.1. The van der Waals surface area contributed by atoms with Crippen LogP contribution in [0.2, 0.25) is 0 Å². The lowest BCUT2D eigenvalue weighted by molar-refractivity contribution is -0.136. The van der Waals surface area contributed by atoms with Crippen LogP contribution in [0.4, 0.5) is 0 Å². The van der Waals surface area contributed by atoms with Gasteiger partial charge in [0, 0.05) is 30.5 Å². The molecular formula is C21H24N4O4. The lowest BCUT2D eigenvalue weighted by Crippen LogP contribution is -2.69. The number of imide groups is 2. The summed E-state index contributed by atoms with van der Waals surface area (Å²) in [6.45, 7) is 0.603. The van der Waals surface area contributed by atoms with Crippen molar-refractivity contribution < 1.29 is 19.2 Å². The fourth-order valence-corrected chi connectivity index (χ4v) is 5.28. The van der Waals surface area contributed by atoms with Crippen molar-refractivity contribution in [2.75, 3.05) is 0 Å². The van der Waals surface area contributed by atoms with Crippen LogP contribution in [0.3, 0.4) is 0 Å². The van der Waals surface area contributed by atoms with Crippen molar-refractivity contribution in [3.8, 4) is 0 Å². The van der Waals surface area contributed by atoms with Crippen LogP contribution < -0.4 is 16.4 Å². The molecule has 4 amide bonds. The van der Waals surface area contributed by atoms with Gasteiger partial charge in [-0.3, -0.25) is 29.4 Å². The predicted octanol–water partition coefficient (Wildman–Crippen LogP) is 0.447. The molecule has 1 aromatic rings. The highest BCUT2D eigenvalue weighted by Gasteiger charge is 2.56. The molecule has 4 N–H and O–H groups in total. The molecule has 8 heteroatoms. The third-order valence-electron chi connectivity index (χ3n) is 7.26. The van der Waals surface area contributed by atoms with Crippen molar-refractivity contribution in [1.82, 2.24) is 15.5 Å². The molecule has 1 spiro atoms. The van der Waals surface area contributed by atoms with Gasteiger partial charge in [-0.15, -0.1) is 0 Å². The first kappa shape index (κ1) is 18.4. The number of carbonyl (C=O) groups excluding carboxylic acids is 4. The van der Waals surface area contributed by atoms with Crippen LogP contribution in [0.1, 0.15) is 64.8 Å². The lowest BCUT2D eigenvalue weighted by Gasteiger charge is -2.60. The van der Waals surface area contributed by atoms with Gasteiger partial charge in [-0.2, -0.15) is 0 Å². The molecule has 2 heterocycles. The summed E-state index contributed by atoms with van der Waals surface area (Å²) in [5, 5.41) is 5.78. The van der Waals surface area contributed by atoms with Crippen molar-refractivity contribution >= 4 is 23.6 Å². The first-order chi connectivity index (χ1) is 13.9. The number of hydrogen-bond acceptors (Lipinski definition) is 6. The van der Waals surface area contributed by atoms with Gasteiger partial charge in [0.1, 0.15) is 6.04 Å². The molecule has 1 saturated heterocycles. The second kappa shape index (κ2) is 6.47. The number of nitrogens with zero attached hydrogens (tertiary/aromatic N) is 1. The van der Waals surface area contributed by atoms with E-state index in [1.807, 2.05) is 6.07 Å². The number of carbonyl (C=O) groups is 4. The number of rotatable bonds is 4. The van der Waals surface area contributed by atoms with E-state index in [0.29, 0.717) is 23.7 Å². The number of nitrogens with one attached hydrogen (secondary N) is 2. The van der Waals surface area contributed by atoms with Gasteiger partial charge in [0.2, 0.25) is 11.8 Å². The Morgan fingerprint density at radius 1 is 1.14 bits per heavy atom. The third-order valence-corrected chi connectivity index (χ3v) is 7.26. The smallest absolute Gasteiger partial charge is 0.262 e. The maximum absolute atomic E-state index is 12.9. The number of piperidine rings is 1. The van der Waals surface area contributed by atoms with Crippen LogP contribution >= 0.6 is 0 Å². The largest absolute Gasteiger partial charge is 0.327 e. The summed E-state index contributed by atoms with van der Waals surface area (Å²) in [7, 11) is 0. The molecule has 0 bridgehead atoms. The monoisotopic (exact) mass is 396 g/mol. The van der Waals surface area contributed by atoms with E-state index in [1.165, 1.54) is 19.3 Å². The molecule has 1 aromatic carbocycles. The Morgan fingerprint density at radius 2 is 1.90 bits per heavy atom. The Labute approximate surface area is 168 Å². The Hall–Kier alpha value is -2.58. The predicted molar refractivity (Wildman–Crippen MR) is 103 cm³/mol. The van der Waals surface area contributed by atoms with Gasteiger partial charge in [-0.05, 0) is 43.4 Å². The average molecular weight is 396 g/mol. The normalized spacial score (nSPS) is 30.1. The molecule has 2 aliphatic heterocycles. The Bertz CT molecular complexity index is 939. The third kappa shape index (κ3) is 2.66. The average Bonchev–Trinajstić information content (AvgIpc) is 2.88. The standard InChI is InChI=1S/C21H24N4O4/c22-15-9-16(21(15)6-1-7-21)23-10-11-2-3-12-13(8-11)20(29)25(19(12)28)14-4-5-17(26)24-18(14)27/h2-3,8,14-16,23H,1,4-7,9-10,22H2,(H,24,26,27). The van der Waals surface area contributed by atoms with Crippen LogP contribution in [-0.2, 0) is 16.1 Å². The molecule has 0 radical (unpaired) electrons. The fraction of sp³-hybridized carbons (Fsp3) is 0.524. The molecule has 29 heavy (non-hydrogen) atoms. The van der Waals surface area contributed by atoms with Gasteiger partial charge >= 0.3 is 0 Å². The molecule has 5 rings (SSSR count). The van der Waals surface area contributed by atoms with Gasteiger partial charge in [-0.1, -0.05) is 12.5 Å². The topological polar surface area (TPSA) is 122 Å². The van der Waals surface area contributed by atoms with E-state index >= 15 is 0 Å². The number of benzene rings is 1. The molecule has 2 aliphatic carbocycles. The number of nitrogens with two attached hydrogens (primary N) is 1. The van der Waals surface area contributed by atoms with Crippen molar-refractivity contribution in [3.05, 3.63) is 34.9 Å². The molecule has 3 unspecified atom stereocenters. The summed E-state index contributed by atoms with van der Waals surface area (Å²) < 4.78 is 0. The van der Waals surface area contributed by atoms with Crippen LogP contribution in [-0.4, -0.2) is 46.7 Å². The number of hydrogen-bond donors (Lipinski definition) is 3. The van der Waals surface area contributed by atoms with Crippen LogP contribution in [0.25, 0.3) is 0 Å². The summed E-state index contributed by atoms with van der Waals surface area (Å²) in [6, 6.07) is 4.98. The first-order valence-corrected chi connectivity index (χ1v) is 10.2. The van der Waals surface area contributed by atoms with Crippen LogP contribution in [0.15, 0.2) is 18.2 Å². The van der Waals surface area contributed by atoms with Gasteiger partial charge in [0.25, 0.3) is 11.8 Å². The maximum atomic E-state index is 12.9. The summed E-state index contributed by atoms with van der Waals surface area (Å²) in [5.74, 6) is -1.92. The zero-order valence-corrected chi connectivity index (χ0v) is 16.1. The quantitative estimate of drug-likeness (QED) is 0.635. The summed E-state index contributed by atoms with van der Waals surface area (Å²) >= 11 is 0. The molecule has 152 valence electrons. The second-order valence-electron chi connectivity index (χ2n) is 8.69. The van der Waals surface area contributed by atoms with E-state index in [0.717, 1.165) is 16.9 Å². The van der Waals surface area contributed by atoms with Gasteiger partial charge in [0.15, 0.2) is 0 Å². The molecule has 3 fully saturated rings. The second-order valence-corrected chi connectivity index (χ2v) is 8.69. The highest BCUT2D eigenvalue weighted by Crippen LogP contribution is 2.55. The lowest BCUT2D eigenvalue weighted by atomic mass is 9.50. The first-order valence-electron chi connectivity index (χ1n) is 10.2. The summed E-state index contributed by atoms with van der Waals surface area (Å²) in [5.41, 5.74) is 8.00. The molecular weight excluding hydrogens is 372 g/mol. The van der Waals surface area contributed by atoms with E-state index < -0.39 is 23.8 Å². The van der Waals surface area contributed by atoms with Crippen LogP contribution in [0.5, 0.6) is 0 Å². The molecule has 0 aromatic heterocycles. The Kier molecular flexibility index (Phi) is 4.11. The van der Waals surface area contributed by atoms with E-state index in [-0.39, 0.29) is 30.2 Å². The van der Waals surface area contributed by atoms with Gasteiger partial charge in [0.05, 0.1) is 11.1 Å². The minimum Gasteiger partial charge on any atom is -0.327 e. The van der Waals surface area contributed by atoms with Crippen molar-refractivity contribution in [1.29, 1.82) is 0 Å². The minimum atomic E-state index is -0.934. The number of amides is 4. The highest BCUT2D eigenvalue weighted by molar-refractivity contribution is 6.23. The Morgan fingerprint density at radius 3 is 2.55 bits per heavy atom. The van der Waals surface area contributed by atoms with Crippen molar-refractivity contribution in [3.63, 3.8) is 0 Å². The molecule has 2 saturated carbocycles. The maximum Gasteiger partial charge on any atom is 0.262 e. The zero-order chi connectivity index (χ0) is 20.3. The van der Waals surface area contributed by atoms with Crippen molar-refractivity contribution in [2.45, 2.75) is 63.2 Å². The van der Waals surface area contributed by atoms with E-state index in [4.69, 9.17) is 5.73 Å². The summed E-state index contributed by atoms with van der Waals surface area (Å²) in [6.07, 6.45) is 4.82. The van der Waals surface area contributed by atoms with E-state index in [2.05, 4.69) is 10.6 Å². The van der Waals surface area contributed by atoms with E-state index in [9.17, 15) is 19.2 Å². The molecule has 8 nitrogen and oxygen atoms in total. The Balaban J connectivity index is 1.31. The molecule has 4 aliphatic rings. The highest BCUT2D eigenvalue weighted by atomic mass is 16.2. The fourth-order valence-electron chi connectivity index (χ4n) is 5.28. The summed E-state index contributed by atoms with van der Waals surface area (Å²) in [4.78, 5) is 50.2. The molecule has 3 atom stereocenters. The number of fused-ring (bicyclic) bond motifs is 1. The SMILES string of the molecule is NC1CC(NCc2ccc3c(c2)C(=O)N(C2CCC(=O)NC2=O)C3=O)C12CCC2. The van der Waals surface area contributed by atoms with Crippen molar-refractivity contribution in [2.24, 2.45) is 11.1 Å². The van der Waals surface area contributed by atoms with Crippen LogP contribution in [0, 0.1) is 5.41 Å². The van der Waals surface area contributed by atoms with E-state index in [1.54, 1.807) is 12.1 Å². The van der Waals surface area contributed by atoms with Gasteiger partial charge < -0.3 is 11.1 Å². The minimum absolute atomic E-state index is 0.115.